The Balaban J connectivity index is 1.46. The van der Waals surface area contributed by atoms with Crippen molar-refractivity contribution in [1.29, 1.82) is 0 Å². The number of rotatable bonds is 19. The molecule has 0 saturated carbocycles. The van der Waals surface area contributed by atoms with Gasteiger partial charge in [-0.3, -0.25) is 4.79 Å². The lowest BCUT2D eigenvalue weighted by Crippen LogP contribution is -2.56. The predicted octanol–water partition coefficient (Wildman–Crippen LogP) is 4.49. The van der Waals surface area contributed by atoms with Crippen LogP contribution in [0.4, 0.5) is 4.79 Å². The highest BCUT2D eigenvalue weighted by Gasteiger charge is 2.45. The molecule has 24 heteroatoms. The number of aromatic nitrogens is 5. The molecule has 2 amide bonds. The van der Waals surface area contributed by atoms with Crippen LogP contribution in [0.1, 0.15) is 22.3 Å². The zero-order chi connectivity index (χ0) is 52.2. The van der Waals surface area contributed by atoms with E-state index in [1.165, 1.54) is 57.9 Å². The number of aryl methyl sites for hydroxylation is 1. The third kappa shape index (κ3) is 11.1. The molecule has 1 aliphatic heterocycles. The van der Waals surface area contributed by atoms with E-state index < -0.39 is 93.4 Å². The Hall–Kier alpha value is -7.93. The van der Waals surface area contributed by atoms with Crippen molar-refractivity contribution in [1.82, 2.24) is 34.0 Å². The summed E-state index contributed by atoms with van der Waals surface area (Å²) < 4.78 is 114. The summed E-state index contributed by atoms with van der Waals surface area (Å²) in [6.45, 7) is -0.471. The van der Waals surface area contributed by atoms with Gasteiger partial charge in [0.1, 0.15) is 33.9 Å². The quantitative estimate of drug-likeness (QED) is 0.113. The maximum Gasteiger partial charge on any atom is 0.407 e. The van der Waals surface area contributed by atoms with Gasteiger partial charge in [-0.1, -0.05) is 60.2 Å². The van der Waals surface area contributed by atoms with E-state index in [-0.39, 0.29) is 35.7 Å². The van der Waals surface area contributed by atoms with E-state index in [4.69, 9.17) is 19.9 Å². The molecule has 0 atom stereocenters. The number of amides is 2. The maximum absolute atomic E-state index is 16.3. The number of carbonyl (C=O) groups excluding carboxylic acids is 1. The number of carboxylic acid groups (broad SMARTS) is 1. The highest BCUT2D eigenvalue weighted by Crippen LogP contribution is 2.42. The van der Waals surface area contributed by atoms with Crippen LogP contribution in [-0.2, 0) is 60.9 Å². The number of likely N-dealkylation sites (tertiary alicyclic amines) is 1. The van der Waals surface area contributed by atoms with Crippen LogP contribution in [0.15, 0.2) is 147 Å². The van der Waals surface area contributed by atoms with Crippen LogP contribution >= 0.6 is 0 Å². The van der Waals surface area contributed by atoms with Gasteiger partial charge in [-0.25, -0.2) is 21.6 Å². The smallest absolute Gasteiger partial charge is 0.407 e. The minimum absolute atomic E-state index is 0.0140. The topological polar surface area (TPSA) is 278 Å². The number of sulfonamides is 2. The second kappa shape index (κ2) is 21.0. The SMILES string of the molecule is COc1ccc(CN(Cc2ccc(OC)cc2)S(=O)(=O)c2c(S(=O)(=O)C3CN(C(=O)O)C3)ccc(-c3cccn(CC(N)=O)c3=NS(=O)(=O)c3ccc(C)cc3)c2-c2nnn(Cc3ccc(OC)cc3)n2)cc1. The minimum atomic E-state index is -5.18. The van der Waals surface area contributed by atoms with Gasteiger partial charge in [0.2, 0.25) is 21.8 Å². The Kier molecular flexibility index (Phi) is 14.8. The van der Waals surface area contributed by atoms with Gasteiger partial charge in [0, 0.05) is 37.9 Å². The first-order valence-electron chi connectivity index (χ1n) is 22.2. The fourth-order valence-corrected chi connectivity index (χ4v) is 13.1. The summed E-state index contributed by atoms with van der Waals surface area (Å²) in [6, 6.07) is 31.1. The normalized spacial score (nSPS) is 13.4. The van der Waals surface area contributed by atoms with Gasteiger partial charge in [-0.2, -0.15) is 17.5 Å². The number of sulfone groups is 1. The zero-order valence-corrected chi connectivity index (χ0v) is 42.2. The summed E-state index contributed by atoms with van der Waals surface area (Å²) in [6.07, 6.45) is -0.0172. The number of benzene rings is 5. The average Bonchev–Trinajstić information content (AvgIpc) is 3.81. The van der Waals surface area contributed by atoms with Gasteiger partial charge in [-0.15, -0.1) is 14.6 Å². The molecule has 7 aromatic rings. The van der Waals surface area contributed by atoms with Crippen LogP contribution in [-0.4, -0.2) is 116 Å². The second-order valence-electron chi connectivity index (χ2n) is 16.8. The van der Waals surface area contributed by atoms with Gasteiger partial charge < -0.3 is 34.5 Å². The molecule has 21 nitrogen and oxygen atoms in total. The van der Waals surface area contributed by atoms with Crippen molar-refractivity contribution in [3.63, 3.8) is 0 Å². The van der Waals surface area contributed by atoms with Crippen LogP contribution in [0.3, 0.4) is 0 Å². The monoisotopic (exact) mass is 1050 g/mol. The van der Waals surface area contributed by atoms with Crippen molar-refractivity contribution in [2.45, 2.75) is 53.0 Å². The maximum atomic E-state index is 16.3. The number of nitrogens with two attached hydrogens (primary N) is 1. The fraction of sp³-hybridized carbons (Fsp3) is 0.224. The third-order valence-corrected chi connectivity index (χ3v) is 17.4. The third-order valence-electron chi connectivity index (χ3n) is 12.0. The van der Waals surface area contributed by atoms with Gasteiger partial charge in [0.15, 0.2) is 15.3 Å². The number of methoxy groups -OCH3 is 3. The standard InChI is InChI=1S/C49H49N9O12S3/c1-32-7-21-39(22-8-32)72(64,65)53-48-42(6-5-25-55(48)31-44(50)59)41-23-24-43(71(62,63)40-29-56(30-40)49(60)61)46(45(41)47-51-54-58(52-47)28-35-13-19-38(70-4)20-14-35)73(66,67)57(26-33-9-15-36(68-2)16-10-33)27-34-11-17-37(69-3)18-12-34/h5-25,40H,26-31H2,1-4H3,(H2,50,59)(H,60,61). The summed E-state index contributed by atoms with van der Waals surface area (Å²) in [5.41, 5.74) is 6.98. The van der Waals surface area contributed by atoms with Crippen molar-refractivity contribution in [2.75, 3.05) is 34.4 Å². The van der Waals surface area contributed by atoms with E-state index in [0.29, 0.717) is 33.9 Å². The van der Waals surface area contributed by atoms with E-state index in [1.807, 2.05) is 0 Å². The molecule has 2 aromatic heterocycles. The molecule has 3 heterocycles. The Morgan fingerprint density at radius 2 is 1.29 bits per heavy atom. The molecule has 1 fully saturated rings. The molecular formula is C49H49N9O12S3. The van der Waals surface area contributed by atoms with Crippen molar-refractivity contribution >= 4 is 41.9 Å². The Bertz CT molecular complexity index is 3550. The molecule has 1 aliphatic rings. The summed E-state index contributed by atoms with van der Waals surface area (Å²) >= 11 is 0. The number of hydrogen-bond donors (Lipinski definition) is 2. The molecule has 5 aromatic carbocycles. The molecule has 3 N–H and O–H groups in total. The lowest BCUT2D eigenvalue weighted by molar-refractivity contribution is -0.118. The Labute approximate surface area is 420 Å². The molecule has 0 radical (unpaired) electrons. The fourth-order valence-electron chi connectivity index (χ4n) is 8.02. The number of primary amides is 1. The van der Waals surface area contributed by atoms with Gasteiger partial charge in [0.25, 0.3) is 10.0 Å². The first-order valence-corrected chi connectivity index (χ1v) is 26.7. The number of carbonyl (C=O) groups is 2. The van der Waals surface area contributed by atoms with Crippen LogP contribution < -0.4 is 25.4 Å². The second-order valence-corrected chi connectivity index (χ2v) is 22.5. The molecule has 380 valence electrons. The molecule has 0 aliphatic carbocycles. The lowest BCUT2D eigenvalue weighted by Gasteiger charge is -2.37. The first-order chi connectivity index (χ1) is 34.8. The van der Waals surface area contributed by atoms with Crippen molar-refractivity contribution in [2.24, 2.45) is 10.1 Å². The van der Waals surface area contributed by atoms with E-state index in [0.717, 1.165) is 30.2 Å². The molecule has 8 rings (SSSR count). The molecule has 0 spiro atoms. The molecule has 0 unspecified atom stereocenters. The van der Waals surface area contributed by atoms with E-state index >= 15 is 16.8 Å². The highest BCUT2D eigenvalue weighted by atomic mass is 32.2. The summed E-state index contributed by atoms with van der Waals surface area (Å²) in [7, 11) is -10.1. The molecular weight excluding hydrogens is 1000 g/mol. The number of ether oxygens (including phenoxy) is 3. The Morgan fingerprint density at radius 1 is 0.740 bits per heavy atom. The van der Waals surface area contributed by atoms with E-state index in [2.05, 4.69) is 19.8 Å². The number of pyridine rings is 1. The van der Waals surface area contributed by atoms with Crippen LogP contribution in [0.25, 0.3) is 22.5 Å². The first kappa shape index (κ1) is 51.4. The van der Waals surface area contributed by atoms with Crippen molar-refractivity contribution in [3.8, 4) is 39.8 Å². The predicted molar refractivity (Wildman–Crippen MR) is 265 cm³/mol. The van der Waals surface area contributed by atoms with Crippen molar-refractivity contribution in [3.05, 3.63) is 155 Å². The largest absolute Gasteiger partial charge is 0.497 e. The van der Waals surface area contributed by atoms with Gasteiger partial charge in [0.05, 0.1) is 43.2 Å². The van der Waals surface area contributed by atoms with Crippen LogP contribution in [0.2, 0.25) is 0 Å². The summed E-state index contributed by atoms with van der Waals surface area (Å²) in [5.74, 6) is 0.244. The number of nitrogens with zero attached hydrogens (tertiary/aromatic N) is 8. The Morgan fingerprint density at radius 3 is 1.81 bits per heavy atom. The number of hydrogen-bond acceptors (Lipinski definition) is 14. The molecule has 1 saturated heterocycles. The van der Waals surface area contributed by atoms with Gasteiger partial charge in [-0.05, 0) is 101 Å². The van der Waals surface area contributed by atoms with Crippen molar-refractivity contribution < 1.29 is 54.2 Å². The van der Waals surface area contributed by atoms with E-state index in [1.54, 1.807) is 91.9 Å². The van der Waals surface area contributed by atoms with Crippen LogP contribution in [0, 0.1) is 6.92 Å². The average molecular weight is 1050 g/mol. The molecule has 73 heavy (non-hydrogen) atoms. The summed E-state index contributed by atoms with van der Waals surface area (Å²) in [5, 5.41) is 21.6. The van der Waals surface area contributed by atoms with E-state index in [9.17, 15) is 23.1 Å². The summed E-state index contributed by atoms with van der Waals surface area (Å²) in [4.78, 5) is 24.9. The lowest BCUT2D eigenvalue weighted by atomic mass is 10.00. The number of tetrazole rings is 1. The minimum Gasteiger partial charge on any atom is -0.497 e. The highest BCUT2D eigenvalue weighted by molar-refractivity contribution is 7.94. The van der Waals surface area contributed by atoms with Crippen LogP contribution in [0.5, 0.6) is 17.2 Å². The van der Waals surface area contributed by atoms with Gasteiger partial charge >= 0.3 is 6.09 Å². The molecule has 0 bridgehead atoms. The zero-order valence-electron chi connectivity index (χ0n) is 39.8.